The summed E-state index contributed by atoms with van der Waals surface area (Å²) in [5, 5.41) is 0. The van der Waals surface area contributed by atoms with E-state index >= 15 is 0 Å². The molecular weight excluding hydrogens is 135 g/mol. The maximum absolute atomic E-state index is 4.83. The van der Waals surface area contributed by atoms with E-state index in [-0.39, 0.29) is 26.2 Å². The Morgan fingerprint density at radius 2 is 1.57 bits per heavy atom. The molecule has 0 radical (unpaired) electrons. The molecule has 0 aliphatic carbocycles. The highest BCUT2D eigenvalue weighted by atomic mass is 35.5. The highest BCUT2D eigenvalue weighted by Gasteiger charge is 1.64. The SMILES string of the molecule is CCOCC.Cl.[Cl-].[H+]. The fourth-order valence-corrected chi connectivity index (χ4v) is 0.204. The molecule has 0 aromatic carbocycles. The maximum Gasteiger partial charge on any atom is 1.00 e. The maximum atomic E-state index is 4.83. The van der Waals surface area contributed by atoms with Crippen LogP contribution in [-0.2, 0) is 4.74 Å². The van der Waals surface area contributed by atoms with Gasteiger partial charge >= 0.3 is 1.43 Å². The van der Waals surface area contributed by atoms with E-state index in [9.17, 15) is 0 Å². The molecule has 0 atom stereocenters. The van der Waals surface area contributed by atoms with Crippen molar-refractivity contribution in [2.45, 2.75) is 13.8 Å². The zero-order chi connectivity index (χ0) is 4.12. The third-order valence-corrected chi connectivity index (χ3v) is 0.408. The van der Waals surface area contributed by atoms with Crippen molar-refractivity contribution in [2.75, 3.05) is 13.2 Å². The lowest BCUT2D eigenvalue weighted by Crippen LogP contribution is -3.00. The van der Waals surface area contributed by atoms with Crippen molar-refractivity contribution in [3.8, 4) is 0 Å². The highest BCUT2D eigenvalue weighted by molar-refractivity contribution is 5.85. The number of hydrogen-bond acceptors (Lipinski definition) is 1. The van der Waals surface area contributed by atoms with Crippen LogP contribution in [0.25, 0.3) is 0 Å². The van der Waals surface area contributed by atoms with Gasteiger partial charge in [-0.2, -0.15) is 0 Å². The topological polar surface area (TPSA) is 9.23 Å². The normalized spacial score (nSPS) is 6.00. The molecule has 7 heavy (non-hydrogen) atoms. The first-order chi connectivity index (χ1) is 2.41. The van der Waals surface area contributed by atoms with E-state index in [1.54, 1.807) is 0 Å². The minimum absolute atomic E-state index is 0. The largest absolute Gasteiger partial charge is 1.00 e. The molecule has 0 aliphatic heterocycles. The molecule has 1 nitrogen and oxygen atoms in total. The van der Waals surface area contributed by atoms with Crippen molar-refractivity contribution >= 4 is 12.4 Å². The molecule has 0 amide bonds. The third kappa shape index (κ3) is 20.9. The molecule has 0 saturated heterocycles. The lowest BCUT2D eigenvalue weighted by atomic mass is 10.8. The zero-order valence-corrected chi connectivity index (χ0v) is 6.18. The average molecular weight is 147 g/mol. The van der Waals surface area contributed by atoms with E-state index in [0.717, 1.165) is 13.2 Å². The Labute approximate surface area is 58.7 Å². The lowest BCUT2D eigenvalue weighted by molar-refractivity contribution is -0.00000229. The Hall–Kier alpha value is 0.540. The predicted molar refractivity (Wildman–Crippen MR) is 30.5 cm³/mol. The molecule has 0 unspecified atom stereocenters. The van der Waals surface area contributed by atoms with Crippen LogP contribution in [0.5, 0.6) is 0 Å². The summed E-state index contributed by atoms with van der Waals surface area (Å²) in [7, 11) is 0. The van der Waals surface area contributed by atoms with Crippen LogP contribution < -0.4 is 12.4 Å². The van der Waals surface area contributed by atoms with Crippen LogP contribution in [0.2, 0.25) is 0 Å². The fraction of sp³-hybridized carbons (Fsp3) is 1.00. The Balaban J connectivity index is -0.0000000267. The molecular formula is C4H12Cl2O. The van der Waals surface area contributed by atoms with E-state index in [1.165, 1.54) is 0 Å². The summed E-state index contributed by atoms with van der Waals surface area (Å²) >= 11 is 0. The first kappa shape index (κ1) is 15.6. The monoisotopic (exact) mass is 146 g/mol. The van der Waals surface area contributed by atoms with Gasteiger partial charge in [-0.1, -0.05) is 0 Å². The third-order valence-electron chi connectivity index (χ3n) is 0.408. The number of hydrogen-bond donors (Lipinski definition) is 0. The van der Waals surface area contributed by atoms with Crippen molar-refractivity contribution in [1.29, 1.82) is 0 Å². The minimum Gasteiger partial charge on any atom is -1.00 e. The van der Waals surface area contributed by atoms with Crippen LogP contribution in [0, 0.1) is 0 Å². The van der Waals surface area contributed by atoms with Gasteiger partial charge in [0, 0.05) is 13.2 Å². The van der Waals surface area contributed by atoms with Gasteiger partial charge in [0.1, 0.15) is 0 Å². The van der Waals surface area contributed by atoms with E-state index < -0.39 is 0 Å². The summed E-state index contributed by atoms with van der Waals surface area (Å²) in [6.45, 7) is 5.67. The number of halogens is 2. The molecule has 3 heteroatoms. The molecule has 0 spiro atoms. The second-order valence-corrected chi connectivity index (χ2v) is 0.781. The highest BCUT2D eigenvalue weighted by Crippen LogP contribution is 1.64. The molecule has 0 aromatic rings. The molecule has 0 saturated carbocycles. The molecule has 0 N–H and O–H groups in total. The fourth-order valence-electron chi connectivity index (χ4n) is 0.204. The Morgan fingerprint density at radius 1 is 1.29 bits per heavy atom. The van der Waals surface area contributed by atoms with Crippen molar-refractivity contribution in [2.24, 2.45) is 0 Å². The van der Waals surface area contributed by atoms with Crippen molar-refractivity contribution in [3.63, 3.8) is 0 Å². The molecule has 0 aromatic heterocycles. The predicted octanol–water partition coefficient (Wildman–Crippen LogP) is -1.42. The second-order valence-electron chi connectivity index (χ2n) is 0.781. The van der Waals surface area contributed by atoms with Crippen molar-refractivity contribution in [3.05, 3.63) is 0 Å². The first-order valence-corrected chi connectivity index (χ1v) is 1.99. The van der Waals surface area contributed by atoms with Crippen LogP contribution in [0.3, 0.4) is 0 Å². The Kier molecular flexibility index (Phi) is 35.8. The average Bonchev–Trinajstić information content (AvgIpc) is 1.41. The van der Waals surface area contributed by atoms with Gasteiger partial charge in [-0.3, -0.25) is 0 Å². The molecule has 0 rings (SSSR count). The van der Waals surface area contributed by atoms with Gasteiger partial charge in [-0.15, -0.1) is 12.4 Å². The molecule has 48 valence electrons. The summed E-state index contributed by atoms with van der Waals surface area (Å²) in [6.07, 6.45) is 0. The van der Waals surface area contributed by atoms with Gasteiger partial charge < -0.3 is 17.1 Å². The Morgan fingerprint density at radius 3 is 1.57 bits per heavy atom. The van der Waals surface area contributed by atoms with Crippen LogP contribution >= 0.6 is 12.4 Å². The molecule has 0 aliphatic rings. The zero-order valence-electron chi connectivity index (χ0n) is 5.61. The smallest absolute Gasteiger partial charge is 1.00 e. The van der Waals surface area contributed by atoms with E-state index in [0.29, 0.717) is 0 Å². The van der Waals surface area contributed by atoms with Gasteiger partial charge in [-0.25, -0.2) is 0 Å². The first-order valence-electron chi connectivity index (χ1n) is 1.99. The van der Waals surface area contributed by atoms with Gasteiger partial charge in [-0.05, 0) is 13.8 Å². The quantitative estimate of drug-likeness (QED) is 0.466. The van der Waals surface area contributed by atoms with Crippen molar-refractivity contribution in [1.82, 2.24) is 0 Å². The van der Waals surface area contributed by atoms with E-state index in [4.69, 9.17) is 4.74 Å². The standard InChI is InChI=1S/C4H10O.2ClH/c1-3-5-4-2;;/h3-4H2,1-2H3;2*1H. The van der Waals surface area contributed by atoms with Gasteiger partial charge in [0.05, 0.1) is 0 Å². The lowest BCUT2D eigenvalue weighted by Gasteiger charge is -1.86. The second kappa shape index (κ2) is 16.0. The van der Waals surface area contributed by atoms with E-state index in [1.807, 2.05) is 13.8 Å². The summed E-state index contributed by atoms with van der Waals surface area (Å²) in [6, 6.07) is 0. The molecule has 0 heterocycles. The molecule has 0 bridgehead atoms. The molecule has 0 fully saturated rings. The summed E-state index contributed by atoms with van der Waals surface area (Å²) in [5.41, 5.74) is 0. The van der Waals surface area contributed by atoms with E-state index in [2.05, 4.69) is 0 Å². The van der Waals surface area contributed by atoms with Gasteiger partial charge in [0.2, 0.25) is 0 Å². The Bertz CT molecular complexity index is 21.5. The number of rotatable bonds is 2. The van der Waals surface area contributed by atoms with Crippen LogP contribution in [0.1, 0.15) is 15.3 Å². The summed E-state index contributed by atoms with van der Waals surface area (Å²) in [4.78, 5) is 0. The van der Waals surface area contributed by atoms with Gasteiger partial charge in [0.25, 0.3) is 0 Å². The van der Waals surface area contributed by atoms with Crippen LogP contribution in [-0.4, -0.2) is 13.2 Å². The van der Waals surface area contributed by atoms with Gasteiger partial charge in [0.15, 0.2) is 0 Å². The number of ether oxygens (including phenoxy) is 1. The minimum atomic E-state index is 0. The van der Waals surface area contributed by atoms with Crippen molar-refractivity contribution < 1.29 is 18.6 Å². The van der Waals surface area contributed by atoms with Crippen LogP contribution in [0.4, 0.5) is 0 Å². The van der Waals surface area contributed by atoms with Crippen LogP contribution in [0.15, 0.2) is 0 Å². The summed E-state index contributed by atoms with van der Waals surface area (Å²) < 4.78 is 4.83. The summed E-state index contributed by atoms with van der Waals surface area (Å²) in [5.74, 6) is 0.